The number of rotatable bonds is 14. The number of nitrogens with one attached hydrogen (secondary N) is 2. The molecule has 5 N–H and O–H groups in total. The van der Waals surface area contributed by atoms with E-state index in [2.05, 4.69) is 20.6 Å². The molecule has 1 aromatic heterocycles. The van der Waals surface area contributed by atoms with Crippen LogP contribution in [0.15, 0.2) is 36.5 Å². The molecule has 1 aliphatic heterocycles. The number of ether oxygens (including phenoxy) is 3. The zero-order valence-corrected chi connectivity index (χ0v) is 29.7. The van der Waals surface area contributed by atoms with Gasteiger partial charge < -0.3 is 44.6 Å². The summed E-state index contributed by atoms with van der Waals surface area (Å²) < 4.78 is 71.6. The highest BCUT2D eigenvalue weighted by molar-refractivity contribution is 7.53. The standard InChI is InChI=1S/C34H43F3N5O8P/c1-42-19-24-23(20-5-8-22(43)9-6-20)10-12-27(29(24)31(42)44)39-30-25(34(35,36)37)18-38-32(41-30)40-26-11-7-21(17-28(26)50-4)33(13-15-48-2,14-16-49-3)51(45,46)47/h7,10-12,17-18,20,22,43H,5-6,8-9,13-16,19H2,1-4H3,(H2,45,46,47)(H2,38,39,40,41). The fourth-order valence-electron chi connectivity index (χ4n) is 6.94. The molecule has 3 aromatic rings. The van der Waals surface area contributed by atoms with Crippen LogP contribution in [0, 0.1) is 0 Å². The number of hydrogen-bond acceptors (Lipinski definition) is 10. The minimum absolute atomic E-state index is 0.0309. The molecule has 51 heavy (non-hydrogen) atoms. The van der Waals surface area contributed by atoms with Crippen LogP contribution in [-0.2, 0) is 31.9 Å². The van der Waals surface area contributed by atoms with Gasteiger partial charge in [0.05, 0.1) is 30.2 Å². The van der Waals surface area contributed by atoms with Crippen LogP contribution in [0.5, 0.6) is 5.75 Å². The number of carbonyl (C=O) groups is 1. The van der Waals surface area contributed by atoms with E-state index < -0.39 is 30.3 Å². The van der Waals surface area contributed by atoms with Crippen molar-refractivity contribution >= 4 is 36.6 Å². The highest BCUT2D eigenvalue weighted by Crippen LogP contribution is 2.61. The Morgan fingerprint density at radius 3 is 2.22 bits per heavy atom. The van der Waals surface area contributed by atoms with Gasteiger partial charge >= 0.3 is 13.8 Å². The van der Waals surface area contributed by atoms with Crippen LogP contribution in [0.1, 0.15) is 77.1 Å². The van der Waals surface area contributed by atoms with Crippen molar-refractivity contribution in [3.63, 3.8) is 0 Å². The Bertz CT molecular complexity index is 1770. The van der Waals surface area contributed by atoms with Crippen LogP contribution in [0.3, 0.4) is 0 Å². The maximum Gasteiger partial charge on any atom is 0.421 e. The van der Waals surface area contributed by atoms with E-state index in [1.807, 2.05) is 6.07 Å². The van der Waals surface area contributed by atoms with Crippen LogP contribution in [-0.4, -0.2) is 83.4 Å². The van der Waals surface area contributed by atoms with Crippen molar-refractivity contribution in [1.29, 1.82) is 0 Å². The molecule has 13 nitrogen and oxygen atoms in total. The summed E-state index contributed by atoms with van der Waals surface area (Å²) in [7, 11) is 1.01. The quantitative estimate of drug-likeness (QED) is 0.122. The van der Waals surface area contributed by atoms with Crippen molar-refractivity contribution in [1.82, 2.24) is 14.9 Å². The lowest BCUT2D eigenvalue weighted by atomic mass is 9.80. The fourth-order valence-corrected chi connectivity index (χ4v) is 8.18. The first-order valence-corrected chi connectivity index (χ1v) is 18.0. The molecule has 2 heterocycles. The Morgan fingerprint density at radius 1 is 0.980 bits per heavy atom. The normalized spacial score (nSPS) is 18.2. The number of halogens is 3. The van der Waals surface area contributed by atoms with Gasteiger partial charge in [-0.3, -0.25) is 9.36 Å². The van der Waals surface area contributed by atoms with E-state index in [0.717, 1.165) is 24.0 Å². The van der Waals surface area contributed by atoms with E-state index in [4.69, 9.17) is 14.2 Å². The molecule has 1 fully saturated rings. The van der Waals surface area contributed by atoms with Gasteiger partial charge in [-0.25, -0.2) is 4.98 Å². The van der Waals surface area contributed by atoms with Crippen LogP contribution < -0.4 is 15.4 Å². The number of benzene rings is 2. The van der Waals surface area contributed by atoms with Gasteiger partial charge in [0.15, 0.2) is 0 Å². The molecule has 5 rings (SSSR count). The number of aromatic nitrogens is 2. The number of methoxy groups -OCH3 is 3. The van der Waals surface area contributed by atoms with Gasteiger partial charge in [0.2, 0.25) is 5.95 Å². The molecule has 278 valence electrons. The summed E-state index contributed by atoms with van der Waals surface area (Å²) in [6.07, 6.45) is -1.90. The van der Waals surface area contributed by atoms with Gasteiger partial charge in [0.1, 0.15) is 22.3 Å². The zero-order valence-electron chi connectivity index (χ0n) is 28.8. The van der Waals surface area contributed by atoms with Crippen molar-refractivity contribution in [2.24, 2.45) is 0 Å². The van der Waals surface area contributed by atoms with Crippen molar-refractivity contribution < 1.29 is 51.6 Å². The predicted octanol–water partition coefficient (Wildman–Crippen LogP) is 6.04. The predicted molar refractivity (Wildman–Crippen MR) is 183 cm³/mol. The SMILES string of the molecule is COCCC(CCOC)(c1ccc(Nc2ncc(C(F)(F)F)c(Nc3ccc(C4CCC(O)CC4)c4c3C(=O)N(C)C4)n2)c(OC)c1)P(=O)(O)O. The lowest BCUT2D eigenvalue weighted by molar-refractivity contribution is -0.137. The van der Waals surface area contributed by atoms with Crippen LogP contribution in [0.25, 0.3) is 0 Å². The summed E-state index contributed by atoms with van der Waals surface area (Å²) >= 11 is 0. The highest BCUT2D eigenvalue weighted by atomic mass is 31.2. The molecule has 2 aliphatic rings. The first-order chi connectivity index (χ1) is 24.1. The number of amides is 1. The topological polar surface area (TPSA) is 176 Å². The van der Waals surface area contributed by atoms with Crippen molar-refractivity contribution in [3.05, 3.63) is 64.3 Å². The average molecular weight is 738 g/mol. The average Bonchev–Trinajstić information content (AvgIpc) is 3.38. The summed E-state index contributed by atoms with van der Waals surface area (Å²) in [6.45, 7) is 0.395. The Kier molecular flexibility index (Phi) is 11.6. The molecule has 0 unspecified atom stereocenters. The van der Waals surface area contributed by atoms with Crippen LogP contribution in [0.4, 0.5) is 36.3 Å². The van der Waals surface area contributed by atoms with E-state index in [0.29, 0.717) is 25.6 Å². The Balaban J connectivity index is 1.51. The zero-order chi connectivity index (χ0) is 37.1. The maximum absolute atomic E-state index is 14.3. The fraction of sp³-hybridized carbons (Fsp3) is 0.500. The molecule has 1 saturated carbocycles. The van der Waals surface area contributed by atoms with Crippen molar-refractivity contribution in [2.45, 2.75) is 68.4 Å². The molecular weight excluding hydrogens is 694 g/mol. The third-order valence-electron chi connectivity index (χ3n) is 9.77. The maximum atomic E-state index is 14.3. The smallest absolute Gasteiger partial charge is 0.421 e. The third-order valence-corrected chi connectivity index (χ3v) is 11.6. The molecular formula is C34H43F3N5O8P. The Hall–Kier alpha value is -3.79. The number of nitrogens with zero attached hydrogens (tertiary/aromatic N) is 3. The minimum atomic E-state index is -4.84. The summed E-state index contributed by atoms with van der Waals surface area (Å²) in [5.41, 5.74) is 1.43. The monoisotopic (exact) mass is 737 g/mol. The van der Waals surface area contributed by atoms with Gasteiger partial charge in [0, 0.05) is 47.2 Å². The largest absolute Gasteiger partial charge is 0.495 e. The van der Waals surface area contributed by atoms with E-state index in [1.165, 1.54) is 44.4 Å². The second kappa shape index (κ2) is 15.4. The summed E-state index contributed by atoms with van der Waals surface area (Å²) in [5.74, 6) is -0.930. The Morgan fingerprint density at radius 2 is 1.63 bits per heavy atom. The number of hydrogen-bond donors (Lipinski definition) is 5. The Labute approximate surface area is 293 Å². The number of alkyl halides is 3. The number of anilines is 4. The summed E-state index contributed by atoms with van der Waals surface area (Å²) in [4.78, 5) is 43.9. The molecule has 0 saturated heterocycles. The molecule has 0 bridgehead atoms. The molecule has 1 aliphatic carbocycles. The number of fused-ring (bicyclic) bond motifs is 1. The molecule has 2 aromatic carbocycles. The van der Waals surface area contributed by atoms with Crippen molar-refractivity contribution in [3.8, 4) is 5.75 Å². The van der Waals surface area contributed by atoms with Gasteiger partial charge in [0.25, 0.3) is 5.91 Å². The lowest BCUT2D eigenvalue weighted by Crippen LogP contribution is -2.30. The van der Waals surface area contributed by atoms with Gasteiger partial charge in [-0.1, -0.05) is 12.1 Å². The van der Waals surface area contributed by atoms with Crippen LogP contribution in [0.2, 0.25) is 0 Å². The second-order valence-corrected chi connectivity index (χ2v) is 14.8. The third kappa shape index (κ3) is 8.01. The number of aliphatic hydroxyl groups excluding tert-OH is 1. The van der Waals surface area contributed by atoms with E-state index in [1.54, 1.807) is 13.1 Å². The first-order valence-electron chi connectivity index (χ1n) is 16.4. The minimum Gasteiger partial charge on any atom is -0.495 e. The second-order valence-electron chi connectivity index (χ2n) is 12.9. The summed E-state index contributed by atoms with van der Waals surface area (Å²) in [6, 6.07) is 7.81. The molecule has 17 heteroatoms. The van der Waals surface area contributed by atoms with Crippen LogP contribution >= 0.6 is 7.60 Å². The van der Waals surface area contributed by atoms with Gasteiger partial charge in [-0.2, -0.15) is 18.2 Å². The van der Waals surface area contributed by atoms with E-state index >= 15 is 0 Å². The number of aliphatic hydroxyl groups is 1. The lowest BCUT2D eigenvalue weighted by Gasteiger charge is -2.35. The summed E-state index contributed by atoms with van der Waals surface area (Å²) in [5, 5.41) is 14.0. The number of carbonyl (C=O) groups excluding carboxylic acids is 1. The van der Waals surface area contributed by atoms with E-state index in [9.17, 15) is 37.4 Å². The molecule has 0 atom stereocenters. The van der Waals surface area contributed by atoms with Gasteiger partial charge in [-0.05, 0) is 79.3 Å². The van der Waals surface area contributed by atoms with Crippen molar-refractivity contribution in [2.75, 3.05) is 52.2 Å². The molecule has 0 spiro atoms. The van der Waals surface area contributed by atoms with Gasteiger partial charge in [-0.15, -0.1) is 0 Å². The van der Waals surface area contributed by atoms with E-state index in [-0.39, 0.29) is 78.2 Å². The first kappa shape index (κ1) is 38.4. The highest BCUT2D eigenvalue weighted by Gasteiger charge is 2.48. The molecule has 1 amide bonds. The molecule has 0 radical (unpaired) electrons.